The molecule has 0 radical (unpaired) electrons. The molecule has 1 heterocycles. The second-order valence-electron chi connectivity index (χ2n) is 5.37. The summed E-state index contributed by atoms with van der Waals surface area (Å²) >= 11 is 0. The lowest BCUT2D eigenvalue weighted by Crippen LogP contribution is -2.19. The maximum atomic E-state index is 13.7. The molecule has 0 bridgehead atoms. The third kappa shape index (κ3) is 3.05. The van der Waals surface area contributed by atoms with Gasteiger partial charge in [0.05, 0.1) is 0 Å². The maximum absolute atomic E-state index is 13.7. The first-order valence-electron chi connectivity index (χ1n) is 7.03. The number of aryl methyl sites for hydroxylation is 2. The summed E-state index contributed by atoms with van der Waals surface area (Å²) in [4.78, 5) is 11.3. The monoisotopic (exact) mass is 284 g/mol. The smallest absolute Gasteiger partial charge is 0.224 e. The van der Waals surface area contributed by atoms with Crippen LogP contribution in [0.3, 0.4) is 0 Å². The fourth-order valence-electron chi connectivity index (χ4n) is 2.53. The van der Waals surface area contributed by atoms with Crippen LogP contribution in [-0.4, -0.2) is 5.91 Å². The first-order chi connectivity index (χ1) is 10.1. The Balaban J connectivity index is 1.74. The molecule has 3 nitrogen and oxygen atoms in total. The molecule has 1 amide bonds. The van der Waals surface area contributed by atoms with Crippen LogP contribution in [0.1, 0.15) is 23.1 Å². The van der Waals surface area contributed by atoms with Gasteiger partial charge in [0.25, 0.3) is 0 Å². The number of nitrogens with one attached hydrogen (secondary N) is 2. The largest absolute Gasteiger partial charge is 0.381 e. The van der Waals surface area contributed by atoms with Crippen molar-refractivity contribution in [3.05, 3.63) is 58.9 Å². The van der Waals surface area contributed by atoms with E-state index in [1.54, 1.807) is 6.07 Å². The molecule has 0 fully saturated rings. The molecule has 4 heteroatoms. The summed E-state index contributed by atoms with van der Waals surface area (Å²) in [6.45, 7) is 2.39. The molecule has 2 aromatic carbocycles. The van der Waals surface area contributed by atoms with Gasteiger partial charge in [0.15, 0.2) is 0 Å². The highest BCUT2D eigenvalue weighted by Gasteiger charge is 2.14. The normalized spacial score (nSPS) is 13.5. The molecule has 1 aliphatic heterocycles. The van der Waals surface area contributed by atoms with Gasteiger partial charge in [0, 0.05) is 29.9 Å². The van der Waals surface area contributed by atoms with Gasteiger partial charge < -0.3 is 10.6 Å². The van der Waals surface area contributed by atoms with Gasteiger partial charge in [-0.1, -0.05) is 17.7 Å². The maximum Gasteiger partial charge on any atom is 0.224 e. The van der Waals surface area contributed by atoms with E-state index < -0.39 is 0 Å². The number of anilines is 2. The predicted octanol–water partition coefficient (Wildman–Crippen LogP) is 3.63. The van der Waals surface area contributed by atoms with Crippen molar-refractivity contribution in [1.29, 1.82) is 0 Å². The van der Waals surface area contributed by atoms with Crippen molar-refractivity contribution in [1.82, 2.24) is 0 Å². The number of hydrogen-bond acceptors (Lipinski definition) is 2. The van der Waals surface area contributed by atoms with Crippen LogP contribution < -0.4 is 10.6 Å². The van der Waals surface area contributed by atoms with Crippen molar-refractivity contribution in [2.24, 2.45) is 0 Å². The Morgan fingerprint density at radius 3 is 2.90 bits per heavy atom. The number of carbonyl (C=O) groups is 1. The number of hydrogen-bond donors (Lipinski definition) is 2. The first-order valence-corrected chi connectivity index (χ1v) is 7.03. The molecule has 2 N–H and O–H groups in total. The zero-order chi connectivity index (χ0) is 14.8. The fourth-order valence-corrected chi connectivity index (χ4v) is 2.53. The van der Waals surface area contributed by atoms with Crippen LogP contribution in [0.15, 0.2) is 36.4 Å². The van der Waals surface area contributed by atoms with Crippen LogP contribution in [0.5, 0.6) is 0 Å². The first kappa shape index (κ1) is 13.6. The van der Waals surface area contributed by atoms with Crippen LogP contribution in [0, 0.1) is 12.7 Å². The van der Waals surface area contributed by atoms with Crippen molar-refractivity contribution in [3.8, 4) is 0 Å². The Bertz CT molecular complexity index is 697. The highest BCUT2D eigenvalue weighted by atomic mass is 19.1. The zero-order valence-corrected chi connectivity index (χ0v) is 11.9. The third-order valence-electron chi connectivity index (χ3n) is 3.68. The number of rotatable bonds is 3. The molecular weight excluding hydrogens is 267 g/mol. The summed E-state index contributed by atoms with van der Waals surface area (Å²) in [5.41, 5.74) is 4.62. The van der Waals surface area contributed by atoms with Crippen molar-refractivity contribution < 1.29 is 9.18 Å². The quantitative estimate of drug-likeness (QED) is 0.903. The van der Waals surface area contributed by atoms with E-state index in [4.69, 9.17) is 0 Å². The average Bonchev–Trinajstić information content (AvgIpc) is 2.48. The van der Waals surface area contributed by atoms with E-state index in [0.717, 1.165) is 28.9 Å². The molecule has 1 aliphatic rings. The standard InChI is InChI=1S/C17H17FN2O/c1-11-2-5-15(18)13(8-11)10-19-14-4-6-16-12(9-14)3-7-17(21)20-16/h2,4-6,8-9,19H,3,7,10H2,1H3,(H,20,21). The van der Waals surface area contributed by atoms with Gasteiger partial charge in [0.1, 0.15) is 5.82 Å². The van der Waals surface area contributed by atoms with Crippen LogP contribution >= 0.6 is 0 Å². The molecule has 2 aromatic rings. The summed E-state index contributed by atoms with van der Waals surface area (Å²) in [6.07, 6.45) is 1.26. The topological polar surface area (TPSA) is 41.1 Å². The number of fused-ring (bicyclic) bond motifs is 1. The van der Waals surface area contributed by atoms with Crippen LogP contribution in [-0.2, 0) is 17.8 Å². The number of carbonyl (C=O) groups excluding carboxylic acids is 1. The minimum absolute atomic E-state index is 0.0602. The van der Waals surface area contributed by atoms with Gasteiger partial charge in [-0.3, -0.25) is 4.79 Å². The van der Waals surface area contributed by atoms with E-state index in [2.05, 4.69) is 10.6 Å². The van der Waals surface area contributed by atoms with E-state index in [1.165, 1.54) is 6.07 Å². The van der Waals surface area contributed by atoms with Crippen molar-refractivity contribution in [3.63, 3.8) is 0 Å². The molecular formula is C17H17FN2O. The van der Waals surface area contributed by atoms with E-state index in [9.17, 15) is 9.18 Å². The summed E-state index contributed by atoms with van der Waals surface area (Å²) in [5, 5.41) is 6.09. The Kier molecular flexibility index (Phi) is 3.60. The molecule has 0 atom stereocenters. The lowest BCUT2D eigenvalue weighted by Gasteiger charge is -2.18. The summed E-state index contributed by atoms with van der Waals surface area (Å²) in [6, 6.07) is 10.9. The lowest BCUT2D eigenvalue weighted by molar-refractivity contribution is -0.116. The van der Waals surface area contributed by atoms with Crippen LogP contribution in [0.2, 0.25) is 0 Å². The summed E-state index contributed by atoms with van der Waals surface area (Å²) in [5.74, 6) is -0.136. The SMILES string of the molecule is Cc1ccc(F)c(CNc2ccc3c(c2)CCC(=O)N3)c1. The molecule has 0 aromatic heterocycles. The van der Waals surface area contributed by atoms with Gasteiger partial charge in [-0.05, 0) is 43.2 Å². The van der Waals surface area contributed by atoms with Gasteiger partial charge in [-0.15, -0.1) is 0 Å². The molecule has 0 saturated heterocycles. The predicted molar refractivity (Wildman–Crippen MR) is 81.9 cm³/mol. The lowest BCUT2D eigenvalue weighted by atomic mass is 10.0. The van der Waals surface area contributed by atoms with Crippen molar-refractivity contribution in [2.75, 3.05) is 10.6 Å². The molecule has 3 rings (SSSR count). The van der Waals surface area contributed by atoms with Gasteiger partial charge >= 0.3 is 0 Å². The average molecular weight is 284 g/mol. The molecule has 108 valence electrons. The molecule has 21 heavy (non-hydrogen) atoms. The molecule has 0 spiro atoms. The minimum atomic E-state index is -0.196. The van der Waals surface area contributed by atoms with E-state index in [0.29, 0.717) is 18.5 Å². The van der Waals surface area contributed by atoms with E-state index >= 15 is 0 Å². The third-order valence-corrected chi connectivity index (χ3v) is 3.68. The van der Waals surface area contributed by atoms with Crippen molar-refractivity contribution >= 4 is 17.3 Å². The Morgan fingerprint density at radius 1 is 1.19 bits per heavy atom. The Labute approximate surface area is 123 Å². The van der Waals surface area contributed by atoms with E-state index in [1.807, 2.05) is 31.2 Å². The number of amides is 1. The Morgan fingerprint density at radius 2 is 2.05 bits per heavy atom. The van der Waals surface area contributed by atoms with Gasteiger partial charge in [-0.2, -0.15) is 0 Å². The van der Waals surface area contributed by atoms with E-state index in [-0.39, 0.29) is 11.7 Å². The molecule has 0 aliphatic carbocycles. The zero-order valence-electron chi connectivity index (χ0n) is 11.9. The second-order valence-corrected chi connectivity index (χ2v) is 5.37. The highest BCUT2D eigenvalue weighted by Crippen LogP contribution is 2.26. The Hall–Kier alpha value is -2.36. The number of halogens is 1. The van der Waals surface area contributed by atoms with Crippen molar-refractivity contribution in [2.45, 2.75) is 26.3 Å². The summed E-state index contributed by atoms with van der Waals surface area (Å²) < 4.78 is 13.7. The fraction of sp³-hybridized carbons (Fsp3) is 0.235. The van der Waals surface area contributed by atoms with Crippen LogP contribution in [0.4, 0.5) is 15.8 Å². The summed E-state index contributed by atoms with van der Waals surface area (Å²) in [7, 11) is 0. The van der Waals surface area contributed by atoms with Crippen LogP contribution in [0.25, 0.3) is 0 Å². The van der Waals surface area contributed by atoms with Gasteiger partial charge in [-0.25, -0.2) is 4.39 Å². The number of benzene rings is 2. The highest BCUT2D eigenvalue weighted by molar-refractivity contribution is 5.94. The minimum Gasteiger partial charge on any atom is -0.381 e. The van der Waals surface area contributed by atoms with Gasteiger partial charge in [0.2, 0.25) is 5.91 Å². The molecule has 0 unspecified atom stereocenters. The molecule has 0 saturated carbocycles. The second kappa shape index (κ2) is 5.56.